The van der Waals surface area contributed by atoms with Crippen molar-refractivity contribution in [2.24, 2.45) is 0 Å². The molecule has 2 heterocycles. The molecular formula is C16H12F2N2O4. The number of hydrogen-bond donors (Lipinski definition) is 0. The van der Waals surface area contributed by atoms with Gasteiger partial charge in [-0.3, -0.25) is 0 Å². The van der Waals surface area contributed by atoms with Crippen molar-refractivity contribution < 1.29 is 27.1 Å². The lowest BCUT2D eigenvalue weighted by molar-refractivity contribution is 0.0433. The summed E-state index contributed by atoms with van der Waals surface area (Å²) in [5.74, 6) is -1.16. The molecule has 0 atom stereocenters. The molecule has 0 aliphatic rings. The highest BCUT2D eigenvalue weighted by molar-refractivity contribution is 5.89. The average Bonchev–Trinajstić information content (AvgIpc) is 3.11. The zero-order valence-corrected chi connectivity index (χ0v) is 12.8. The van der Waals surface area contributed by atoms with Crippen molar-refractivity contribution >= 4 is 5.97 Å². The van der Waals surface area contributed by atoms with E-state index >= 15 is 0 Å². The maximum Gasteiger partial charge on any atom is 0.341 e. The Morgan fingerprint density at radius 2 is 1.96 bits per heavy atom. The number of furan rings is 1. The molecule has 0 N–H and O–H groups in total. The molecule has 1 aromatic carbocycles. The highest BCUT2D eigenvalue weighted by Crippen LogP contribution is 2.25. The molecule has 0 aliphatic heterocycles. The fraction of sp³-hybridized carbons (Fsp3) is 0.188. The van der Waals surface area contributed by atoms with Crippen LogP contribution in [0.1, 0.15) is 27.8 Å². The molecule has 3 aromatic rings. The third-order valence-corrected chi connectivity index (χ3v) is 3.22. The van der Waals surface area contributed by atoms with Crippen LogP contribution in [0.4, 0.5) is 8.78 Å². The van der Waals surface area contributed by atoms with E-state index in [0.29, 0.717) is 23.2 Å². The van der Waals surface area contributed by atoms with E-state index in [2.05, 4.69) is 10.2 Å². The number of rotatable bonds is 4. The molecule has 0 radical (unpaired) electrons. The highest BCUT2D eigenvalue weighted by Gasteiger charge is 2.18. The molecule has 0 saturated heterocycles. The van der Waals surface area contributed by atoms with Crippen molar-refractivity contribution in [3.05, 3.63) is 58.9 Å². The summed E-state index contributed by atoms with van der Waals surface area (Å²) in [7, 11) is 0. The number of benzene rings is 1. The van der Waals surface area contributed by atoms with Crippen LogP contribution in [0.5, 0.6) is 0 Å². The monoisotopic (exact) mass is 334 g/mol. The number of halogens is 2. The summed E-state index contributed by atoms with van der Waals surface area (Å²) in [6.45, 7) is 3.20. The molecule has 0 saturated carbocycles. The van der Waals surface area contributed by atoms with Gasteiger partial charge in [-0.2, -0.15) is 0 Å². The van der Waals surface area contributed by atoms with Gasteiger partial charge in [-0.05, 0) is 32.0 Å². The first-order valence-electron chi connectivity index (χ1n) is 6.96. The van der Waals surface area contributed by atoms with Crippen LogP contribution in [0.3, 0.4) is 0 Å². The first kappa shape index (κ1) is 15.9. The Balaban J connectivity index is 1.69. The van der Waals surface area contributed by atoms with Gasteiger partial charge < -0.3 is 13.6 Å². The number of carbonyl (C=O) groups is 1. The smallest absolute Gasteiger partial charge is 0.341 e. The fourth-order valence-electron chi connectivity index (χ4n) is 2.12. The van der Waals surface area contributed by atoms with Gasteiger partial charge >= 0.3 is 5.97 Å². The highest BCUT2D eigenvalue weighted by atomic mass is 19.1. The number of esters is 1. The zero-order valence-electron chi connectivity index (χ0n) is 12.8. The second-order valence-electron chi connectivity index (χ2n) is 5.03. The SMILES string of the molecule is Cc1cc(-c2nnc(COC(=O)c3ccc(F)cc3F)o2)c(C)o1. The number of hydrogen-bond acceptors (Lipinski definition) is 6. The topological polar surface area (TPSA) is 78.4 Å². The largest absolute Gasteiger partial charge is 0.466 e. The molecule has 3 rings (SSSR count). The molecule has 24 heavy (non-hydrogen) atoms. The van der Waals surface area contributed by atoms with Crippen LogP contribution < -0.4 is 0 Å². The van der Waals surface area contributed by atoms with Gasteiger partial charge in [0.25, 0.3) is 11.8 Å². The third kappa shape index (κ3) is 3.17. The van der Waals surface area contributed by atoms with Gasteiger partial charge in [-0.25, -0.2) is 13.6 Å². The molecule has 0 fully saturated rings. The maximum atomic E-state index is 13.5. The van der Waals surface area contributed by atoms with Crippen LogP contribution in [0.15, 0.2) is 33.1 Å². The van der Waals surface area contributed by atoms with Crippen molar-refractivity contribution in [1.82, 2.24) is 10.2 Å². The Kier molecular flexibility index (Phi) is 4.11. The van der Waals surface area contributed by atoms with E-state index in [9.17, 15) is 13.6 Å². The van der Waals surface area contributed by atoms with Gasteiger partial charge in [-0.1, -0.05) is 0 Å². The molecule has 0 spiro atoms. The molecule has 0 unspecified atom stereocenters. The second kappa shape index (κ2) is 6.23. The summed E-state index contributed by atoms with van der Waals surface area (Å²) in [4.78, 5) is 11.8. The minimum absolute atomic E-state index is 0.0409. The Hall–Kier alpha value is -3.03. The predicted molar refractivity (Wildman–Crippen MR) is 77.0 cm³/mol. The van der Waals surface area contributed by atoms with Gasteiger partial charge in [0, 0.05) is 6.07 Å². The van der Waals surface area contributed by atoms with Crippen molar-refractivity contribution in [1.29, 1.82) is 0 Å². The molecule has 0 bridgehead atoms. The average molecular weight is 334 g/mol. The molecule has 0 aliphatic carbocycles. The van der Waals surface area contributed by atoms with Crippen LogP contribution in [-0.4, -0.2) is 16.2 Å². The van der Waals surface area contributed by atoms with Crippen molar-refractivity contribution in [3.8, 4) is 11.5 Å². The normalized spacial score (nSPS) is 10.8. The summed E-state index contributed by atoms with van der Waals surface area (Å²) in [6, 6.07) is 4.32. The lowest BCUT2D eigenvalue weighted by atomic mass is 10.2. The molecule has 6 nitrogen and oxygen atoms in total. The number of aromatic nitrogens is 2. The van der Waals surface area contributed by atoms with Crippen LogP contribution >= 0.6 is 0 Å². The van der Waals surface area contributed by atoms with E-state index in [1.165, 1.54) is 0 Å². The van der Waals surface area contributed by atoms with E-state index < -0.39 is 17.6 Å². The Morgan fingerprint density at radius 1 is 1.17 bits per heavy atom. The minimum atomic E-state index is -1.00. The van der Waals surface area contributed by atoms with Gasteiger partial charge in [0.15, 0.2) is 6.61 Å². The van der Waals surface area contributed by atoms with Gasteiger partial charge in [-0.15, -0.1) is 10.2 Å². The van der Waals surface area contributed by atoms with Crippen molar-refractivity contribution in [2.45, 2.75) is 20.5 Å². The van der Waals surface area contributed by atoms with Crippen LogP contribution in [-0.2, 0) is 11.3 Å². The zero-order chi connectivity index (χ0) is 17.3. The first-order valence-corrected chi connectivity index (χ1v) is 6.96. The summed E-state index contributed by atoms with van der Waals surface area (Å²) in [5, 5.41) is 7.60. The summed E-state index contributed by atoms with van der Waals surface area (Å²) >= 11 is 0. The third-order valence-electron chi connectivity index (χ3n) is 3.22. The Bertz CT molecular complexity index is 901. The quantitative estimate of drug-likeness (QED) is 0.679. The number of carbonyl (C=O) groups excluding carboxylic acids is 1. The number of aryl methyl sites for hydroxylation is 2. The number of ether oxygens (including phenoxy) is 1. The summed E-state index contributed by atoms with van der Waals surface area (Å²) in [6.07, 6.45) is 0. The van der Waals surface area contributed by atoms with Gasteiger partial charge in [0.1, 0.15) is 23.2 Å². The van der Waals surface area contributed by atoms with Crippen molar-refractivity contribution in [3.63, 3.8) is 0 Å². The van der Waals surface area contributed by atoms with E-state index in [0.717, 1.165) is 12.1 Å². The van der Waals surface area contributed by atoms with Gasteiger partial charge in [0.05, 0.1) is 11.1 Å². The number of nitrogens with zero attached hydrogens (tertiary/aromatic N) is 2. The predicted octanol–water partition coefficient (Wildman–Crippen LogP) is 3.58. The minimum Gasteiger partial charge on any atom is -0.466 e. The lowest BCUT2D eigenvalue weighted by Crippen LogP contribution is -2.08. The van der Waals surface area contributed by atoms with E-state index in [1.807, 2.05) is 0 Å². The second-order valence-corrected chi connectivity index (χ2v) is 5.03. The van der Waals surface area contributed by atoms with Crippen LogP contribution in [0.2, 0.25) is 0 Å². The molecule has 124 valence electrons. The molecule has 0 amide bonds. The Morgan fingerprint density at radius 3 is 2.62 bits per heavy atom. The van der Waals surface area contributed by atoms with E-state index in [1.54, 1.807) is 19.9 Å². The van der Waals surface area contributed by atoms with Crippen LogP contribution in [0, 0.1) is 25.5 Å². The summed E-state index contributed by atoms with van der Waals surface area (Å²) < 4.78 is 42.0. The first-order chi connectivity index (χ1) is 11.4. The van der Waals surface area contributed by atoms with Crippen LogP contribution in [0.25, 0.3) is 11.5 Å². The molecule has 8 heteroatoms. The van der Waals surface area contributed by atoms with E-state index in [-0.39, 0.29) is 24.0 Å². The fourth-order valence-corrected chi connectivity index (χ4v) is 2.12. The molecule has 2 aromatic heterocycles. The molecular weight excluding hydrogens is 322 g/mol. The maximum absolute atomic E-state index is 13.5. The van der Waals surface area contributed by atoms with E-state index in [4.69, 9.17) is 13.6 Å². The van der Waals surface area contributed by atoms with Crippen molar-refractivity contribution in [2.75, 3.05) is 0 Å². The standard InChI is InChI=1S/C16H12F2N2O4/c1-8-5-12(9(2)23-8)15-20-19-14(24-15)7-22-16(21)11-4-3-10(17)6-13(11)18/h3-6H,7H2,1-2H3. The summed E-state index contributed by atoms with van der Waals surface area (Å²) in [5.41, 5.74) is 0.264. The Labute approximate surface area is 135 Å². The van der Waals surface area contributed by atoms with Gasteiger partial charge in [0.2, 0.25) is 0 Å². The lowest BCUT2D eigenvalue weighted by Gasteiger charge is -2.03.